The van der Waals surface area contributed by atoms with Crippen molar-refractivity contribution in [3.05, 3.63) is 39.8 Å². The maximum Gasteiger partial charge on any atom is 0.341 e. The molecule has 0 saturated heterocycles. The number of nitrogens with zero attached hydrogens (tertiary/aromatic N) is 1. The molecule has 0 radical (unpaired) electrons. The van der Waals surface area contributed by atoms with Gasteiger partial charge < -0.3 is 29.2 Å². The number of nitrogens with one attached hydrogen (secondary N) is 1. The fraction of sp³-hybridized carbons (Fsp3) is 0.348. The van der Waals surface area contributed by atoms with Gasteiger partial charge in [-0.3, -0.25) is 9.59 Å². The smallest absolute Gasteiger partial charge is 0.341 e. The molecule has 0 bridgehead atoms. The van der Waals surface area contributed by atoms with Crippen LogP contribution in [0.3, 0.4) is 0 Å². The monoisotopic (exact) mass is 474 g/mol. The number of hydrogen-bond donors (Lipinski definition) is 1. The molecule has 2 aromatic rings. The number of benzene rings is 1. The molecule has 2 amide bonds. The largest absolute Gasteiger partial charge is 0.493 e. The highest BCUT2D eigenvalue weighted by Crippen LogP contribution is 2.39. The van der Waals surface area contributed by atoms with Gasteiger partial charge in [0.2, 0.25) is 17.6 Å². The Morgan fingerprint density at radius 1 is 1.06 bits per heavy atom. The highest BCUT2D eigenvalue weighted by molar-refractivity contribution is 7.17. The molecule has 2 heterocycles. The summed E-state index contributed by atoms with van der Waals surface area (Å²) in [7, 11) is 5.83. The Labute approximate surface area is 195 Å². The molecule has 10 heteroatoms. The van der Waals surface area contributed by atoms with E-state index in [9.17, 15) is 14.4 Å². The van der Waals surface area contributed by atoms with E-state index in [0.29, 0.717) is 52.9 Å². The van der Waals surface area contributed by atoms with Crippen LogP contribution in [-0.2, 0) is 27.3 Å². The lowest BCUT2D eigenvalue weighted by Gasteiger charge is -2.25. The summed E-state index contributed by atoms with van der Waals surface area (Å²) in [5.74, 6) is 0.404. The van der Waals surface area contributed by atoms with E-state index < -0.39 is 11.9 Å². The summed E-state index contributed by atoms with van der Waals surface area (Å²) in [5.41, 5.74) is 1.82. The van der Waals surface area contributed by atoms with Crippen molar-refractivity contribution in [2.45, 2.75) is 19.9 Å². The first-order valence-corrected chi connectivity index (χ1v) is 10.9. The number of esters is 1. The summed E-state index contributed by atoms with van der Waals surface area (Å²) < 4.78 is 20.9. The van der Waals surface area contributed by atoms with Gasteiger partial charge in [0, 0.05) is 24.4 Å². The Kier molecular flexibility index (Phi) is 7.59. The minimum atomic E-state index is -0.521. The maximum absolute atomic E-state index is 12.7. The van der Waals surface area contributed by atoms with Crippen LogP contribution in [-0.4, -0.2) is 57.7 Å². The van der Waals surface area contributed by atoms with Crippen molar-refractivity contribution >= 4 is 40.2 Å². The summed E-state index contributed by atoms with van der Waals surface area (Å²) in [6, 6.07) is 3.43. The number of amides is 2. The number of carbonyl (C=O) groups is 3. The predicted molar refractivity (Wildman–Crippen MR) is 124 cm³/mol. The van der Waals surface area contributed by atoms with Crippen LogP contribution in [0.5, 0.6) is 17.2 Å². The van der Waals surface area contributed by atoms with Crippen molar-refractivity contribution in [3.63, 3.8) is 0 Å². The molecule has 0 atom stereocenters. The lowest BCUT2D eigenvalue weighted by atomic mass is 10.0. The zero-order valence-corrected chi connectivity index (χ0v) is 20.0. The lowest BCUT2D eigenvalue weighted by molar-refractivity contribution is -0.129. The Hall–Kier alpha value is -3.53. The van der Waals surface area contributed by atoms with Crippen LogP contribution in [0, 0.1) is 0 Å². The fourth-order valence-corrected chi connectivity index (χ4v) is 4.86. The Morgan fingerprint density at radius 3 is 2.27 bits per heavy atom. The molecule has 1 aliphatic heterocycles. The van der Waals surface area contributed by atoms with E-state index >= 15 is 0 Å². The SMILES string of the molecule is COC(=O)c1c(NC(=O)/C=C/c2cc(OC)c(OC)c(OC)c2)sc2c1CCN(C(C)=O)C2. The number of carbonyl (C=O) groups excluding carboxylic acids is 3. The number of rotatable bonds is 7. The quantitative estimate of drug-likeness (QED) is 0.486. The molecule has 0 aliphatic carbocycles. The van der Waals surface area contributed by atoms with Crippen LogP contribution in [0.15, 0.2) is 18.2 Å². The highest BCUT2D eigenvalue weighted by atomic mass is 32.1. The molecule has 176 valence electrons. The first-order chi connectivity index (χ1) is 15.8. The molecular formula is C23H26N2O7S. The van der Waals surface area contributed by atoms with E-state index in [-0.39, 0.29) is 5.91 Å². The molecule has 1 aliphatic rings. The molecule has 0 unspecified atom stereocenters. The summed E-state index contributed by atoms with van der Waals surface area (Å²) >= 11 is 1.28. The lowest BCUT2D eigenvalue weighted by Crippen LogP contribution is -2.33. The zero-order valence-electron chi connectivity index (χ0n) is 19.1. The van der Waals surface area contributed by atoms with E-state index in [1.807, 2.05) is 0 Å². The third kappa shape index (κ3) is 5.11. The zero-order chi connectivity index (χ0) is 24.1. The standard InChI is InChI=1S/C23H26N2O7S/c1-13(26)25-9-8-15-18(12-25)33-22(20(15)23(28)32-5)24-19(27)7-6-14-10-16(29-2)21(31-4)17(11-14)30-3/h6-7,10-11H,8-9,12H2,1-5H3,(H,24,27)/b7-6+. The van der Waals surface area contributed by atoms with E-state index in [4.69, 9.17) is 18.9 Å². The fourth-order valence-electron chi connectivity index (χ4n) is 3.60. The molecule has 9 nitrogen and oxygen atoms in total. The van der Waals surface area contributed by atoms with Gasteiger partial charge in [-0.25, -0.2) is 4.79 Å². The average molecular weight is 475 g/mol. The average Bonchev–Trinajstić information content (AvgIpc) is 3.18. The van der Waals surface area contributed by atoms with Gasteiger partial charge >= 0.3 is 5.97 Å². The van der Waals surface area contributed by atoms with Crippen LogP contribution in [0.1, 0.15) is 33.3 Å². The normalized spacial score (nSPS) is 12.8. The van der Waals surface area contributed by atoms with Gasteiger partial charge in [-0.2, -0.15) is 0 Å². The topological polar surface area (TPSA) is 103 Å². The molecule has 33 heavy (non-hydrogen) atoms. The van der Waals surface area contributed by atoms with Crippen molar-refractivity contribution < 1.29 is 33.3 Å². The molecule has 1 aromatic carbocycles. The van der Waals surface area contributed by atoms with Gasteiger partial charge in [-0.1, -0.05) is 0 Å². The van der Waals surface area contributed by atoms with Crippen molar-refractivity contribution in [1.29, 1.82) is 0 Å². The number of ether oxygens (including phenoxy) is 4. The van der Waals surface area contributed by atoms with Gasteiger partial charge in [0.15, 0.2) is 11.5 Å². The number of fused-ring (bicyclic) bond motifs is 1. The highest BCUT2D eigenvalue weighted by Gasteiger charge is 2.29. The van der Waals surface area contributed by atoms with Crippen molar-refractivity contribution in [3.8, 4) is 17.2 Å². The van der Waals surface area contributed by atoms with Crippen LogP contribution in [0.4, 0.5) is 5.00 Å². The maximum atomic E-state index is 12.7. The number of anilines is 1. The van der Waals surface area contributed by atoms with Crippen LogP contribution < -0.4 is 19.5 Å². The molecule has 3 rings (SSSR count). The molecule has 0 spiro atoms. The van der Waals surface area contributed by atoms with Crippen molar-refractivity contribution in [2.75, 3.05) is 40.3 Å². The van der Waals surface area contributed by atoms with Gasteiger partial charge in [0.05, 0.1) is 40.5 Å². The van der Waals surface area contributed by atoms with Crippen LogP contribution >= 0.6 is 11.3 Å². The Morgan fingerprint density at radius 2 is 1.73 bits per heavy atom. The van der Waals surface area contributed by atoms with Crippen LogP contribution in [0.2, 0.25) is 0 Å². The first kappa shape index (κ1) is 24.1. The molecule has 1 aromatic heterocycles. The molecule has 0 fully saturated rings. The van der Waals surface area contributed by atoms with Crippen LogP contribution in [0.25, 0.3) is 6.08 Å². The summed E-state index contributed by atoms with van der Waals surface area (Å²) in [6.45, 7) is 2.42. The second-order valence-corrected chi connectivity index (χ2v) is 8.28. The third-order valence-electron chi connectivity index (χ3n) is 5.24. The van der Waals surface area contributed by atoms with E-state index in [0.717, 1.165) is 10.4 Å². The minimum Gasteiger partial charge on any atom is -0.493 e. The Balaban J connectivity index is 1.85. The molecule has 0 saturated carbocycles. The molecule has 1 N–H and O–H groups in total. The summed E-state index contributed by atoms with van der Waals surface area (Å²) in [5, 5.41) is 3.18. The van der Waals surface area contributed by atoms with Crippen molar-refractivity contribution in [2.24, 2.45) is 0 Å². The van der Waals surface area contributed by atoms with E-state index in [2.05, 4.69) is 5.32 Å². The number of methoxy groups -OCH3 is 4. The Bertz CT molecular complexity index is 1080. The summed E-state index contributed by atoms with van der Waals surface area (Å²) in [6.07, 6.45) is 3.47. The first-order valence-electron chi connectivity index (χ1n) is 10.1. The number of hydrogen-bond acceptors (Lipinski definition) is 8. The predicted octanol–water partition coefficient (Wildman–Crippen LogP) is 3.12. The summed E-state index contributed by atoms with van der Waals surface area (Å²) in [4.78, 5) is 39.4. The minimum absolute atomic E-state index is 0.0347. The van der Waals surface area contributed by atoms with E-state index in [1.54, 1.807) is 23.1 Å². The second-order valence-electron chi connectivity index (χ2n) is 7.17. The second kappa shape index (κ2) is 10.4. The van der Waals surface area contributed by atoms with Gasteiger partial charge in [0.1, 0.15) is 5.00 Å². The van der Waals surface area contributed by atoms with Gasteiger partial charge in [0.25, 0.3) is 0 Å². The van der Waals surface area contributed by atoms with Crippen molar-refractivity contribution in [1.82, 2.24) is 4.90 Å². The van der Waals surface area contributed by atoms with Gasteiger partial charge in [-0.15, -0.1) is 11.3 Å². The van der Waals surface area contributed by atoms with Gasteiger partial charge in [-0.05, 0) is 35.8 Å². The third-order valence-corrected chi connectivity index (χ3v) is 6.37. The molecular weight excluding hydrogens is 448 g/mol. The van der Waals surface area contributed by atoms with E-state index in [1.165, 1.54) is 52.8 Å². The number of thiophene rings is 1.